The minimum Gasteiger partial charge on any atom is -0.481 e. The number of aromatic nitrogens is 1. The molecule has 1 aromatic rings. The molecule has 0 saturated carbocycles. The lowest BCUT2D eigenvalue weighted by atomic mass is 10.1. The molecule has 0 bridgehead atoms. The van der Waals surface area contributed by atoms with E-state index in [0.29, 0.717) is 11.4 Å². The Kier molecular flexibility index (Phi) is 3.58. The highest BCUT2D eigenvalue weighted by Crippen LogP contribution is 2.25. The van der Waals surface area contributed by atoms with Gasteiger partial charge in [-0.15, -0.1) is 0 Å². The van der Waals surface area contributed by atoms with Crippen LogP contribution >= 0.6 is 0 Å². The second kappa shape index (κ2) is 5.14. The van der Waals surface area contributed by atoms with Crippen LogP contribution in [0.2, 0.25) is 0 Å². The fourth-order valence-corrected chi connectivity index (χ4v) is 2.18. The lowest BCUT2D eigenvalue weighted by molar-refractivity contribution is -0.143. The number of hydrogen-bond acceptors (Lipinski definition) is 4. The van der Waals surface area contributed by atoms with Crippen molar-refractivity contribution in [1.82, 2.24) is 9.88 Å². The van der Waals surface area contributed by atoms with Gasteiger partial charge < -0.3 is 9.84 Å². The first kappa shape index (κ1) is 11.9. The van der Waals surface area contributed by atoms with Crippen LogP contribution in [0.15, 0.2) is 18.3 Å². The zero-order valence-electron chi connectivity index (χ0n) is 9.80. The highest BCUT2D eigenvalue weighted by Gasteiger charge is 2.29. The molecule has 2 heterocycles. The monoisotopic (exact) mass is 236 g/mol. The molecule has 1 unspecified atom stereocenters. The third-order valence-corrected chi connectivity index (χ3v) is 3.02. The summed E-state index contributed by atoms with van der Waals surface area (Å²) in [6.45, 7) is 1.67. The van der Waals surface area contributed by atoms with Crippen molar-refractivity contribution >= 4 is 5.97 Å². The predicted octanol–water partition coefficient (Wildman–Crippen LogP) is 1.31. The summed E-state index contributed by atoms with van der Waals surface area (Å²) in [6.07, 6.45) is 3.71. The summed E-state index contributed by atoms with van der Waals surface area (Å²) in [6, 6.07) is 2.88. The van der Waals surface area contributed by atoms with Gasteiger partial charge in [-0.25, -0.2) is 4.98 Å². The third kappa shape index (κ3) is 2.55. The van der Waals surface area contributed by atoms with Crippen LogP contribution in [0.5, 0.6) is 5.88 Å². The average molecular weight is 236 g/mol. The number of methoxy groups -OCH3 is 1. The van der Waals surface area contributed by atoms with Crippen LogP contribution in [-0.4, -0.2) is 41.2 Å². The van der Waals surface area contributed by atoms with Crippen LogP contribution in [0.1, 0.15) is 24.4 Å². The summed E-state index contributed by atoms with van der Waals surface area (Å²) in [5.41, 5.74) is 0.709. The molecular formula is C12H16N2O3. The Labute approximate surface area is 100 Å². The van der Waals surface area contributed by atoms with E-state index in [1.165, 1.54) is 7.11 Å². The number of nitrogens with zero attached hydrogens (tertiary/aromatic N) is 2. The SMILES string of the molecule is COc1ccc(C(C(=O)O)N2CCCC2)cn1. The Balaban J connectivity index is 2.22. The molecule has 1 aliphatic heterocycles. The quantitative estimate of drug-likeness (QED) is 0.854. The maximum atomic E-state index is 11.3. The third-order valence-electron chi connectivity index (χ3n) is 3.02. The summed E-state index contributed by atoms with van der Waals surface area (Å²) in [5.74, 6) is -0.321. The molecule has 1 aliphatic rings. The second-order valence-electron chi connectivity index (χ2n) is 4.12. The first-order valence-electron chi connectivity index (χ1n) is 5.69. The average Bonchev–Trinajstić information content (AvgIpc) is 2.83. The van der Waals surface area contributed by atoms with Crippen molar-refractivity contribution in [3.8, 4) is 5.88 Å². The zero-order chi connectivity index (χ0) is 12.3. The summed E-state index contributed by atoms with van der Waals surface area (Å²) >= 11 is 0. The highest BCUT2D eigenvalue weighted by molar-refractivity contribution is 5.75. The van der Waals surface area contributed by atoms with Crippen molar-refractivity contribution in [3.63, 3.8) is 0 Å². The molecule has 0 aliphatic carbocycles. The van der Waals surface area contributed by atoms with E-state index in [1.807, 2.05) is 4.90 Å². The largest absolute Gasteiger partial charge is 0.481 e. The molecule has 0 radical (unpaired) electrons. The van der Waals surface area contributed by atoms with Gasteiger partial charge in [-0.3, -0.25) is 9.69 Å². The first-order valence-corrected chi connectivity index (χ1v) is 5.69. The van der Waals surface area contributed by atoms with E-state index in [2.05, 4.69) is 4.98 Å². The zero-order valence-corrected chi connectivity index (χ0v) is 9.80. The number of carboxylic acid groups (broad SMARTS) is 1. The van der Waals surface area contributed by atoms with Crippen LogP contribution in [0.4, 0.5) is 0 Å². The van der Waals surface area contributed by atoms with E-state index in [1.54, 1.807) is 18.3 Å². The van der Waals surface area contributed by atoms with Gasteiger partial charge in [-0.2, -0.15) is 0 Å². The van der Waals surface area contributed by atoms with Crippen molar-refractivity contribution in [1.29, 1.82) is 0 Å². The number of aliphatic carboxylic acids is 1. The van der Waals surface area contributed by atoms with Gasteiger partial charge in [0.05, 0.1) is 7.11 Å². The normalized spacial score (nSPS) is 17.9. The fourth-order valence-electron chi connectivity index (χ4n) is 2.18. The maximum Gasteiger partial charge on any atom is 0.325 e. The molecule has 92 valence electrons. The lowest BCUT2D eigenvalue weighted by Crippen LogP contribution is -2.31. The van der Waals surface area contributed by atoms with Crippen LogP contribution in [-0.2, 0) is 4.79 Å². The van der Waals surface area contributed by atoms with Gasteiger partial charge in [0.15, 0.2) is 0 Å². The number of hydrogen-bond donors (Lipinski definition) is 1. The van der Waals surface area contributed by atoms with Crippen LogP contribution in [0.3, 0.4) is 0 Å². The lowest BCUT2D eigenvalue weighted by Gasteiger charge is -2.23. The highest BCUT2D eigenvalue weighted by atomic mass is 16.5. The summed E-state index contributed by atoms with van der Waals surface area (Å²) < 4.78 is 4.96. The molecule has 5 nitrogen and oxygen atoms in total. The maximum absolute atomic E-state index is 11.3. The topological polar surface area (TPSA) is 62.7 Å². The Morgan fingerprint density at radius 2 is 2.18 bits per heavy atom. The number of pyridine rings is 1. The minimum atomic E-state index is -0.820. The predicted molar refractivity (Wildman–Crippen MR) is 62.0 cm³/mol. The standard InChI is InChI=1S/C12H16N2O3/c1-17-10-5-4-9(8-13-10)11(12(15)16)14-6-2-3-7-14/h4-5,8,11H,2-3,6-7H2,1H3,(H,15,16). The van der Waals surface area contributed by atoms with E-state index in [0.717, 1.165) is 25.9 Å². The smallest absolute Gasteiger partial charge is 0.325 e. The number of carbonyl (C=O) groups is 1. The van der Waals surface area contributed by atoms with Crippen molar-refractivity contribution in [3.05, 3.63) is 23.9 Å². The van der Waals surface area contributed by atoms with Crippen molar-refractivity contribution in [2.24, 2.45) is 0 Å². The number of rotatable bonds is 4. The van der Waals surface area contributed by atoms with Gasteiger partial charge in [0.2, 0.25) is 5.88 Å². The van der Waals surface area contributed by atoms with Crippen LogP contribution in [0.25, 0.3) is 0 Å². The van der Waals surface area contributed by atoms with Gasteiger partial charge in [0.1, 0.15) is 6.04 Å². The molecule has 1 N–H and O–H groups in total. The molecule has 17 heavy (non-hydrogen) atoms. The van der Waals surface area contributed by atoms with E-state index in [9.17, 15) is 9.90 Å². The second-order valence-corrected chi connectivity index (χ2v) is 4.12. The summed E-state index contributed by atoms with van der Waals surface area (Å²) in [5, 5.41) is 9.31. The molecule has 0 amide bonds. The molecule has 1 aromatic heterocycles. The molecule has 0 spiro atoms. The van der Waals surface area contributed by atoms with E-state index < -0.39 is 12.0 Å². The van der Waals surface area contributed by atoms with E-state index in [4.69, 9.17) is 4.74 Å². The molecule has 5 heteroatoms. The number of likely N-dealkylation sites (tertiary alicyclic amines) is 1. The van der Waals surface area contributed by atoms with Crippen LogP contribution < -0.4 is 4.74 Å². The van der Waals surface area contributed by atoms with Gasteiger partial charge in [-0.1, -0.05) is 0 Å². The molecular weight excluding hydrogens is 220 g/mol. The first-order chi connectivity index (χ1) is 8.22. The van der Waals surface area contributed by atoms with Crippen molar-refractivity contribution in [2.45, 2.75) is 18.9 Å². The van der Waals surface area contributed by atoms with Gasteiger partial charge >= 0.3 is 5.97 Å². The number of carboxylic acids is 1. The van der Waals surface area contributed by atoms with E-state index >= 15 is 0 Å². The Morgan fingerprint density at radius 3 is 2.65 bits per heavy atom. The summed E-state index contributed by atoms with van der Waals surface area (Å²) in [7, 11) is 1.54. The Bertz CT molecular complexity index is 385. The summed E-state index contributed by atoms with van der Waals surface area (Å²) in [4.78, 5) is 17.4. The Morgan fingerprint density at radius 1 is 1.47 bits per heavy atom. The molecule has 2 rings (SSSR count). The Hall–Kier alpha value is -1.62. The minimum absolute atomic E-state index is 0.499. The van der Waals surface area contributed by atoms with Gasteiger partial charge in [0.25, 0.3) is 0 Å². The van der Waals surface area contributed by atoms with Crippen molar-refractivity contribution < 1.29 is 14.6 Å². The molecule has 1 fully saturated rings. The van der Waals surface area contributed by atoms with Crippen LogP contribution in [0, 0.1) is 0 Å². The molecule has 1 saturated heterocycles. The number of ether oxygens (including phenoxy) is 1. The molecule has 1 atom stereocenters. The van der Waals surface area contributed by atoms with Crippen molar-refractivity contribution in [2.75, 3.05) is 20.2 Å². The molecule has 0 aromatic carbocycles. The van der Waals surface area contributed by atoms with E-state index in [-0.39, 0.29) is 0 Å². The van der Waals surface area contributed by atoms with Gasteiger partial charge in [-0.05, 0) is 37.6 Å². The van der Waals surface area contributed by atoms with Gasteiger partial charge in [0, 0.05) is 12.3 Å². The fraction of sp³-hybridized carbons (Fsp3) is 0.500.